The number of ether oxygens (including phenoxy) is 3. The lowest BCUT2D eigenvalue weighted by Gasteiger charge is -2.13. The number of esters is 3. The Hall–Kier alpha value is -3.16. The van der Waals surface area contributed by atoms with Crippen LogP contribution in [0.5, 0.6) is 11.5 Å². The van der Waals surface area contributed by atoms with Crippen LogP contribution in [-0.4, -0.2) is 24.5 Å². The van der Waals surface area contributed by atoms with Crippen LogP contribution < -0.4 is 15.1 Å². The summed E-state index contributed by atoms with van der Waals surface area (Å²) in [5, 5.41) is 0.388. The molecule has 1 aromatic carbocycles. The standard InChI is InChI=1S/C19H20O8/c1-5-24-17(22)7-6-14-10(2)18-15(26-12(4)21)8-13(25-11(3)20)9-16(18)27-19(14)23/h8-9H,5-7H2,1-4H3. The first-order valence-electron chi connectivity index (χ1n) is 8.35. The SMILES string of the molecule is CCOC(=O)CCc1c(C)c2c(OC(C)=O)cc(OC(C)=O)cc2oc1=O. The molecule has 0 unspecified atom stereocenters. The van der Waals surface area contributed by atoms with Crippen molar-refractivity contribution >= 4 is 28.9 Å². The minimum atomic E-state index is -0.627. The van der Waals surface area contributed by atoms with Crippen molar-refractivity contribution in [3.8, 4) is 11.5 Å². The second-order valence-electron chi connectivity index (χ2n) is 5.78. The summed E-state index contributed by atoms with van der Waals surface area (Å²) in [7, 11) is 0. The lowest BCUT2D eigenvalue weighted by Crippen LogP contribution is -2.14. The van der Waals surface area contributed by atoms with Crippen LogP contribution in [0.25, 0.3) is 11.0 Å². The second kappa shape index (κ2) is 8.48. The van der Waals surface area contributed by atoms with Crippen molar-refractivity contribution in [2.24, 2.45) is 0 Å². The lowest BCUT2D eigenvalue weighted by atomic mass is 10.0. The van der Waals surface area contributed by atoms with Gasteiger partial charge in [0.15, 0.2) is 0 Å². The number of aryl methyl sites for hydroxylation is 1. The van der Waals surface area contributed by atoms with Crippen LogP contribution in [0.4, 0.5) is 0 Å². The van der Waals surface area contributed by atoms with E-state index in [0.29, 0.717) is 10.9 Å². The normalized spacial score (nSPS) is 10.5. The molecule has 0 aliphatic carbocycles. The molecule has 27 heavy (non-hydrogen) atoms. The molecule has 2 rings (SSSR count). The van der Waals surface area contributed by atoms with Gasteiger partial charge in [0.2, 0.25) is 0 Å². The van der Waals surface area contributed by atoms with Gasteiger partial charge in [-0.15, -0.1) is 0 Å². The smallest absolute Gasteiger partial charge is 0.339 e. The lowest BCUT2D eigenvalue weighted by molar-refractivity contribution is -0.143. The molecule has 8 nitrogen and oxygen atoms in total. The van der Waals surface area contributed by atoms with E-state index in [0.717, 1.165) is 0 Å². The summed E-state index contributed by atoms with van der Waals surface area (Å²) in [6, 6.07) is 2.74. The average molecular weight is 376 g/mol. The summed E-state index contributed by atoms with van der Waals surface area (Å²) in [5.74, 6) is -1.42. The monoisotopic (exact) mass is 376 g/mol. The van der Waals surface area contributed by atoms with E-state index in [1.165, 1.54) is 26.0 Å². The van der Waals surface area contributed by atoms with Gasteiger partial charge in [-0.2, -0.15) is 0 Å². The molecule has 0 fully saturated rings. The zero-order valence-corrected chi connectivity index (χ0v) is 15.5. The molecule has 0 aliphatic heterocycles. The highest BCUT2D eigenvalue weighted by Gasteiger charge is 2.19. The predicted molar refractivity (Wildman–Crippen MR) is 94.8 cm³/mol. The van der Waals surface area contributed by atoms with Gasteiger partial charge in [-0.3, -0.25) is 14.4 Å². The fraction of sp³-hybridized carbons (Fsp3) is 0.368. The largest absolute Gasteiger partial charge is 0.466 e. The Morgan fingerprint density at radius 2 is 1.74 bits per heavy atom. The van der Waals surface area contributed by atoms with E-state index < -0.39 is 23.5 Å². The van der Waals surface area contributed by atoms with Gasteiger partial charge in [0.25, 0.3) is 0 Å². The topological polar surface area (TPSA) is 109 Å². The summed E-state index contributed by atoms with van der Waals surface area (Å²) in [5.41, 5.74) is 0.269. The maximum atomic E-state index is 12.4. The van der Waals surface area contributed by atoms with Gasteiger partial charge >= 0.3 is 23.5 Å². The van der Waals surface area contributed by atoms with E-state index in [2.05, 4.69) is 0 Å². The molecule has 0 N–H and O–H groups in total. The molecule has 0 saturated heterocycles. The molecule has 144 valence electrons. The molecule has 0 bridgehead atoms. The Kier molecular flexibility index (Phi) is 6.33. The fourth-order valence-corrected chi connectivity index (χ4v) is 2.69. The Morgan fingerprint density at radius 3 is 2.33 bits per heavy atom. The van der Waals surface area contributed by atoms with Gasteiger partial charge in [0.1, 0.15) is 17.1 Å². The summed E-state index contributed by atoms with van der Waals surface area (Å²) in [4.78, 5) is 46.6. The number of benzene rings is 1. The van der Waals surface area contributed by atoms with Crippen LogP contribution in [0.15, 0.2) is 21.3 Å². The highest BCUT2D eigenvalue weighted by Crippen LogP contribution is 2.34. The summed E-state index contributed by atoms with van der Waals surface area (Å²) < 4.78 is 20.4. The first kappa shape index (κ1) is 20.2. The maximum Gasteiger partial charge on any atom is 0.339 e. The van der Waals surface area contributed by atoms with Gasteiger partial charge in [-0.1, -0.05) is 0 Å². The summed E-state index contributed by atoms with van der Waals surface area (Å²) in [6.45, 7) is 6.05. The molecule has 2 aromatic rings. The van der Waals surface area contributed by atoms with Crippen molar-refractivity contribution in [3.63, 3.8) is 0 Å². The first-order valence-corrected chi connectivity index (χ1v) is 8.35. The van der Waals surface area contributed by atoms with Crippen LogP contribution in [0.1, 0.15) is 38.3 Å². The molecular formula is C19H20O8. The molecule has 0 saturated carbocycles. The van der Waals surface area contributed by atoms with E-state index >= 15 is 0 Å². The van der Waals surface area contributed by atoms with Crippen molar-refractivity contribution < 1.29 is 33.0 Å². The molecule has 0 amide bonds. The van der Waals surface area contributed by atoms with E-state index in [-0.39, 0.29) is 42.1 Å². The second-order valence-corrected chi connectivity index (χ2v) is 5.78. The predicted octanol–water partition coefficient (Wildman–Crippen LogP) is 2.45. The minimum Gasteiger partial charge on any atom is -0.466 e. The highest BCUT2D eigenvalue weighted by molar-refractivity contribution is 5.91. The summed E-state index contributed by atoms with van der Waals surface area (Å²) in [6.07, 6.45) is 0.132. The molecule has 0 atom stereocenters. The van der Waals surface area contributed by atoms with Crippen LogP contribution in [0.3, 0.4) is 0 Å². The highest BCUT2D eigenvalue weighted by atomic mass is 16.5. The third-order valence-electron chi connectivity index (χ3n) is 3.72. The maximum absolute atomic E-state index is 12.4. The average Bonchev–Trinajstić information content (AvgIpc) is 2.52. The molecule has 8 heteroatoms. The minimum absolute atomic E-state index is 0.0133. The number of carbonyl (C=O) groups excluding carboxylic acids is 3. The Balaban J connectivity index is 2.58. The van der Waals surface area contributed by atoms with Crippen LogP contribution >= 0.6 is 0 Å². The van der Waals surface area contributed by atoms with Crippen molar-refractivity contribution in [1.29, 1.82) is 0 Å². The van der Waals surface area contributed by atoms with Gasteiger partial charge in [0.05, 0.1) is 12.0 Å². The van der Waals surface area contributed by atoms with Gasteiger partial charge < -0.3 is 18.6 Å². The number of carbonyl (C=O) groups is 3. The number of hydrogen-bond acceptors (Lipinski definition) is 8. The number of rotatable bonds is 6. The van der Waals surface area contributed by atoms with Crippen molar-refractivity contribution in [3.05, 3.63) is 33.7 Å². The van der Waals surface area contributed by atoms with Crippen LogP contribution in [-0.2, 0) is 25.5 Å². The number of hydrogen-bond donors (Lipinski definition) is 0. The van der Waals surface area contributed by atoms with Crippen LogP contribution in [0, 0.1) is 6.92 Å². The third-order valence-corrected chi connectivity index (χ3v) is 3.72. The van der Waals surface area contributed by atoms with Crippen molar-refractivity contribution in [1.82, 2.24) is 0 Å². The Morgan fingerprint density at radius 1 is 1.07 bits per heavy atom. The van der Waals surface area contributed by atoms with Crippen molar-refractivity contribution in [2.45, 2.75) is 40.5 Å². The fourth-order valence-electron chi connectivity index (χ4n) is 2.69. The molecule has 1 heterocycles. The molecule has 0 aliphatic rings. The Labute approximate surface area is 155 Å². The molecule has 0 radical (unpaired) electrons. The number of fused-ring (bicyclic) bond motifs is 1. The molecule has 1 aromatic heterocycles. The van der Waals surface area contributed by atoms with Gasteiger partial charge in [-0.25, -0.2) is 4.79 Å². The zero-order valence-electron chi connectivity index (χ0n) is 15.5. The first-order chi connectivity index (χ1) is 12.7. The summed E-state index contributed by atoms with van der Waals surface area (Å²) >= 11 is 0. The van der Waals surface area contributed by atoms with Crippen LogP contribution in [0.2, 0.25) is 0 Å². The zero-order chi connectivity index (χ0) is 20.1. The third kappa shape index (κ3) is 4.93. The molecule has 0 spiro atoms. The quantitative estimate of drug-likeness (QED) is 0.430. The van der Waals surface area contributed by atoms with Crippen molar-refractivity contribution in [2.75, 3.05) is 6.61 Å². The Bertz CT molecular complexity index is 954. The van der Waals surface area contributed by atoms with E-state index in [1.807, 2.05) is 0 Å². The molecular weight excluding hydrogens is 356 g/mol. The van der Waals surface area contributed by atoms with E-state index in [1.54, 1.807) is 13.8 Å². The van der Waals surface area contributed by atoms with E-state index in [9.17, 15) is 19.2 Å². The van der Waals surface area contributed by atoms with E-state index in [4.69, 9.17) is 18.6 Å². The van der Waals surface area contributed by atoms with Gasteiger partial charge in [0, 0.05) is 38.0 Å². The van der Waals surface area contributed by atoms with Gasteiger partial charge in [-0.05, 0) is 25.8 Å².